The first-order valence-corrected chi connectivity index (χ1v) is 5.37. The first-order chi connectivity index (χ1) is 8.33. The van der Waals surface area contributed by atoms with Crippen LogP contribution in [0.4, 0.5) is 0 Å². The van der Waals surface area contributed by atoms with E-state index in [0.717, 1.165) is 16.7 Å². The largest absolute Gasteiger partial charge is 0.508 e. The monoisotopic (exact) mass is 225 g/mol. The zero-order valence-corrected chi connectivity index (χ0v) is 9.11. The van der Waals surface area contributed by atoms with Crippen molar-refractivity contribution in [3.05, 3.63) is 54.5 Å². The van der Waals surface area contributed by atoms with Gasteiger partial charge in [-0.25, -0.2) is 9.97 Å². The molecule has 0 atom stereocenters. The average molecular weight is 225 g/mol. The molecule has 2 heterocycles. The summed E-state index contributed by atoms with van der Waals surface area (Å²) in [6.45, 7) is 0.655. The third kappa shape index (κ3) is 1.85. The van der Waals surface area contributed by atoms with Gasteiger partial charge in [0.25, 0.3) is 0 Å². The number of hydrogen-bond donors (Lipinski definition) is 1. The van der Waals surface area contributed by atoms with Crippen molar-refractivity contribution in [3.63, 3.8) is 0 Å². The third-order valence-electron chi connectivity index (χ3n) is 2.64. The van der Waals surface area contributed by atoms with E-state index in [4.69, 9.17) is 0 Å². The first kappa shape index (κ1) is 9.84. The normalized spacial score (nSPS) is 10.8. The number of rotatable bonds is 2. The maximum absolute atomic E-state index is 9.41. The van der Waals surface area contributed by atoms with Crippen molar-refractivity contribution in [1.82, 2.24) is 14.5 Å². The van der Waals surface area contributed by atoms with Crippen LogP contribution >= 0.6 is 0 Å². The zero-order chi connectivity index (χ0) is 11.7. The minimum absolute atomic E-state index is 0.278. The fraction of sp³-hybridized carbons (Fsp3) is 0.0769. The van der Waals surface area contributed by atoms with Crippen molar-refractivity contribution in [2.24, 2.45) is 0 Å². The van der Waals surface area contributed by atoms with Crippen LogP contribution in [0.1, 0.15) is 5.56 Å². The van der Waals surface area contributed by atoms with Crippen LogP contribution in [0.5, 0.6) is 5.75 Å². The standard InChI is InChI=1S/C13H11N3O/c17-11-4-1-3-10(7-11)8-16-9-15-12-5-2-6-14-13(12)16/h1-7,9,17H,8H2. The summed E-state index contributed by atoms with van der Waals surface area (Å²) in [7, 11) is 0. The molecule has 17 heavy (non-hydrogen) atoms. The van der Waals surface area contributed by atoms with E-state index in [1.807, 2.05) is 28.8 Å². The molecule has 0 aliphatic heterocycles. The predicted octanol–water partition coefficient (Wildman–Crippen LogP) is 2.19. The SMILES string of the molecule is Oc1cccc(Cn2cnc3cccnc32)c1. The van der Waals surface area contributed by atoms with Gasteiger partial charge >= 0.3 is 0 Å². The second-order valence-electron chi connectivity index (χ2n) is 3.89. The van der Waals surface area contributed by atoms with E-state index < -0.39 is 0 Å². The molecular weight excluding hydrogens is 214 g/mol. The molecule has 0 radical (unpaired) electrons. The van der Waals surface area contributed by atoms with E-state index in [0.29, 0.717) is 6.54 Å². The summed E-state index contributed by atoms with van der Waals surface area (Å²) in [5.74, 6) is 0.278. The topological polar surface area (TPSA) is 50.9 Å². The summed E-state index contributed by atoms with van der Waals surface area (Å²) < 4.78 is 1.96. The smallest absolute Gasteiger partial charge is 0.160 e. The lowest BCUT2D eigenvalue weighted by Crippen LogP contribution is -1.98. The van der Waals surface area contributed by atoms with Crippen molar-refractivity contribution in [3.8, 4) is 5.75 Å². The van der Waals surface area contributed by atoms with Gasteiger partial charge < -0.3 is 9.67 Å². The maximum atomic E-state index is 9.41. The van der Waals surface area contributed by atoms with Crippen LogP contribution in [0.2, 0.25) is 0 Å². The van der Waals surface area contributed by atoms with Gasteiger partial charge in [0.1, 0.15) is 11.3 Å². The van der Waals surface area contributed by atoms with E-state index in [-0.39, 0.29) is 5.75 Å². The molecular formula is C13H11N3O. The predicted molar refractivity (Wildman–Crippen MR) is 64.7 cm³/mol. The van der Waals surface area contributed by atoms with Gasteiger partial charge in [0.2, 0.25) is 0 Å². The Morgan fingerprint density at radius 1 is 1.12 bits per heavy atom. The molecule has 1 N–H and O–H groups in total. The Balaban J connectivity index is 2.00. The van der Waals surface area contributed by atoms with E-state index >= 15 is 0 Å². The van der Waals surface area contributed by atoms with Gasteiger partial charge in [-0.05, 0) is 29.8 Å². The van der Waals surface area contributed by atoms with E-state index in [2.05, 4.69) is 9.97 Å². The number of hydrogen-bond acceptors (Lipinski definition) is 3. The molecule has 0 fully saturated rings. The Morgan fingerprint density at radius 2 is 2.06 bits per heavy atom. The molecule has 4 heteroatoms. The van der Waals surface area contributed by atoms with Gasteiger partial charge in [0.15, 0.2) is 5.65 Å². The molecule has 0 amide bonds. The van der Waals surface area contributed by atoms with Crippen molar-refractivity contribution >= 4 is 11.2 Å². The van der Waals surface area contributed by atoms with Crippen molar-refractivity contribution in [2.75, 3.05) is 0 Å². The Hall–Kier alpha value is -2.36. The molecule has 0 saturated heterocycles. The highest BCUT2D eigenvalue weighted by molar-refractivity contribution is 5.70. The zero-order valence-electron chi connectivity index (χ0n) is 9.11. The molecule has 3 aromatic rings. The number of phenolic OH excluding ortho intramolecular Hbond substituents is 1. The molecule has 0 saturated carbocycles. The Bertz CT molecular complexity index is 660. The highest BCUT2D eigenvalue weighted by Gasteiger charge is 2.03. The summed E-state index contributed by atoms with van der Waals surface area (Å²) in [5.41, 5.74) is 2.76. The number of nitrogens with zero attached hydrogens (tertiary/aromatic N) is 3. The lowest BCUT2D eigenvalue weighted by Gasteiger charge is -2.04. The van der Waals surface area contributed by atoms with Crippen LogP contribution in [0.15, 0.2) is 48.9 Å². The summed E-state index contributed by atoms with van der Waals surface area (Å²) in [6.07, 6.45) is 3.52. The lowest BCUT2D eigenvalue weighted by molar-refractivity contribution is 0.474. The molecule has 0 aliphatic rings. The van der Waals surface area contributed by atoms with Crippen LogP contribution in [0.3, 0.4) is 0 Å². The minimum Gasteiger partial charge on any atom is -0.508 e. The number of fused-ring (bicyclic) bond motifs is 1. The molecule has 0 spiro atoms. The van der Waals surface area contributed by atoms with Gasteiger partial charge in [-0.15, -0.1) is 0 Å². The first-order valence-electron chi connectivity index (χ1n) is 5.37. The summed E-state index contributed by atoms with van der Waals surface area (Å²) in [5, 5.41) is 9.41. The highest BCUT2D eigenvalue weighted by atomic mass is 16.3. The number of aromatic hydroxyl groups is 1. The van der Waals surface area contributed by atoms with Gasteiger partial charge in [0, 0.05) is 6.20 Å². The Morgan fingerprint density at radius 3 is 2.94 bits per heavy atom. The quantitative estimate of drug-likeness (QED) is 0.727. The van der Waals surface area contributed by atoms with Crippen molar-refractivity contribution in [2.45, 2.75) is 6.54 Å². The molecule has 0 aliphatic carbocycles. The molecule has 4 nitrogen and oxygen atoms in total. The number of imidazole rings is 1. The fourth-order valence-corrected chi connectivity index (χ4v) is 1.86. The molecule has 2 aromatic heterocycles. The fourth-order valence-electron chi connectivity index (χ4n) is 1.86. The molecule has 3 rings (SSSR count). The summed E-state index contributed by atoms with van der Waals surface area (Å²) >= 11 is 0. The highest BCUT2D eigenvalue weighted by Crippen LogP contribution is 2.15. The van der Waals surface area contributed by atoms with Gasteiger partial charge in [0.05, 0.1) is 12.9 Å². The second-order valence-corrected chi connectivity index (χ2v) is 3.89. The van der Waals surface area contributed by atoms with Crippen LogP contribution < -0.4 is 0 Å². The van der Waals surface area contributed by atoms with E-state index in [9.17, 15) is 5.11 Å². The number of aromatic nitrogens is 3. The van der Waals surface area contributed by atoms with Gasteiger partial charge in [-0.3, -0.25) is 0 Å². The Labute approximate surface area is 98.2 Å². The van der Waals surface area contributed by atoms with Crippen molar-refractivity contribution < 1.29 is 5.11 Å². The van der Waals surface area contributed by atoms with Gasteiger partial charge in [-0.1, -0.05) is 12.1 Å². The maximum Gasteiger partial charge on any atom is 0.160 e. The molecule has 84 valence electrons. The molecule has 0 bridgehead atoms. The average Bonchev–Trinajstić information content (AvgIpc) is 2.73. The Kier molecular flexibility index (Phi) is 2.26. The van der Waals surface area contributed by atoms with Crippen LogP contribution in [-0.2, 0) is 6.54 Å². The van der Waals surface area contributed by atoms with Gasteiger partial charge in [-0.2, -0.15) is 0 Å². The minimum atomic E-state index is 0.278. The van der Waals surface area contributed by atoms with Crippen molar-refractivity contribution in [1.29, 1.82) is 0 Å². The summed E-state index contributed by atoms with van der Waals surface area (Å²) in [4.78, 5) is 8.57. The molecule has 1 aromatic carbocycles. The lowest BCUT2D eigenvalue weighted by atomic mass is 10.2. The number of pyridine rings is 1. The van der Waals surface area contributed by atoms with Crippen LogP contribution in [0.25, 0.3) is 11.2 Å². The van der Waals surface area contributed by atoms with Crippen LogP contribution in [-0.4, -0.2) is 19.6 Å². The van der Waals surface area contributed by atoms with E-state index in [1.165, 1.54) is 0 Å². The summed E-state index contributed by atoms with van der Waals surface area (Å²) in [6, 6.07) is 11.0. The number of benzene rings is 1. The second kappa shape index (κ2) is 3.90. The number of phenols is 1. The van der Waals surface area contributed by atoms with E-state index in [1.54, 1.807) is 24.7 Å². The molecule has 0 unspecified atom stereocenters. The third-order valence-corrected chi connectivity index (χ3v) is 2.64. The van der Waals surface area contributed by atoms with Crippen LogP contribution in [0, 0.1) is 0 Å².